The molecule has 0 aromatic rings. The molecule has 3 unspecified atom stereocenters. The van der Waals surface area contributed by atoms with Crippen molar-refractivity contribution >= 4 is 25.7 Å². The topological polar surface area (TPSA) is 155 Å². The van der Waals surface area contributed by atoms with E-state index >= 15 is 0 Å². The minimum absolute atomic E-state index is 0.152. The number of hydrogen-bond donors (Lipinski definition) is 2. The highest BCUT2D eigenvalue weighted by molar-refractivity contribution is 7.47. The van der Waals surface area contributed by atoms with Crippen molar-refractivity contribution in [3.8, 4) is 0 Å². The largest absolute Gasteiger partial charge is 0.472 e. The normalized spacial score (nSPS) is 13.9. The Bertz CT molecular complexity index is 1630. The van der Waals surface area contributed by atoms with Crippen molar-refractivity contribution in [1.29, 1.82) is 0 Å². The van der Waals surface area contributed by atoms with Crippen LogP contribution in [0.4, 0.5) is 0 Å². The SMILES string of the molecule is CC/C=C\C/C=C\C/C=C\C/C=C\C/C=C\CCCCCC(=O)OCC(COP(=O)(O)OCC(CO)OC(=O)CCCCCCC/C=C\CCCCCCCC)OC(=O)CCCCCCCCC/C=C\CCCCCCCC. The minimum atomic E-state index is -4.77. The van der Waals surface area contributed by atoms with E-state index in [1.807, 2.05) is 0 Å². The number of phosphoric ester groups is 1. The number of aliphatic hydroxyl groups excluding tert-OH is 1. The highest BCUT2D eigenvalue weighted by Crippen LogP contribution is 2.43. The molecule has 11 nitrogen and oxygen atoms in total. The van der Waals surface area contributed by atoms with Crippen molar-refractivity contribution in [2.75, 3.05) is 26.4 Å². The average Bonchev–Trinajstić information content (AvgIpc) is 3.43. The van der Waals surface area contributed by atoms with Crippen LogP contribution in [0.15, 0.2) is 85.1 Å². The van der Waals surface area contributed by atoms with Crippen molar-refractivity contribution in [2.24, 2.45) is 0 Å². The summed E-state index contributed by atoms with van der Waals surface area (Å²) in [4.78, 5) is 48.7. The molecule has 0 aromatic heterocycles. The van der Waals surface area contributed by atoms with Crippen molar-refractivity contribution in [3.63, 3.8) is 0 Å². The molecule has 0 fully saturated rings. The van der Waals surface area contributed by atoms with Gasteiger partial charge in [0.05, 0.1) is 19.8 Å². The molecule has 0 aliphatic rings. The molecule has 12 heteroatoms. The van der Waals surface area contributed by atoms with Gasteiger partial charge in [-0.2, -0.15) is 0 Å². The molecule has 0 aliphatic carbocycles. The summed E-state index contributed by atoms with van der Waals surface area (Å²) in [6, 6.07) is 0. The van der Waals surface area contributed by atoms with Crippen LogP contribution < -0.4 is 0 Å². The molecule has 0 amide bonds. The molecule has 2 N–H and O–H groups in total. The van der Waals surface area contributed by atoms with E-state index in [1.165, 1.54) is 96.3 Å². The lowest BCUT2D eigenvalue weighted by atomic mass is 10.1. The van der Waals surface area contributed by atoms with Gasteiger partial charge in [0.1, 0.15) is 12.7 Å². The second-order valence-electron chi connectivity index (χ2n) is 20.8. The molecule has 0 rings (SSSR count). The van der Waals surface area contributed by atoms with Gasteiger partial charge in [-0.25, -0.2) is 4.57 Å². The van der Waals surface area contributed by atoms with Gasteiger partial charge in [0, 0.05) is 19.3 Å². The Kier molecular flexibility index (Phi) is 57.2. The predicted molar refractivity (Wildman–Crippen MR) is 325 cm³/mol. The number of rotatable bonds is 58. The quantitative estimate of drug-likeness (QED) is 0.0197. The second-order valence-corrected chi connectivity index (χ2v) is 22.3. The standard InChI is InChI=1S/C66H115O11P/c1-4-7-10-13-16-19-22-25-28-30-31-33-35-37-40-43-46-49-52-55-64(68)73-59-63(77-66(70)57-54-51-48-45-42-39-36-32-29-26-23-20-17-14-11-8-5-2)61-75-78(71,72)74-60-62(58-67)76-65(69)56-53-50-47-44-41-38-34-27-24-21-18-15-12-9-6-3/h7,10,16,19,25-29,31,33-34,37,40,62-63,67H,4-6,8-9,11-15,17-18,20-24,30,32,35-36,38-39,41-61H2,1-3H3,(H,71,72)/b10-7-,19-16-,28-25-,29-26-,33-31-,34-27-,40-37-. The molecule has 0 spiro atoms. The number of ether oxygens (including phenoxy) is 3. The summed E-state index contributed by atoms with van der Waals surface area (Å²) < 4.78 is 39.6. The summed E-state index contributed by atoms with van der Waals surface area (Å²) in [5.74, 6) is -1.51. The fourth-order valence-corrected chi connectivity index (χ4v) is 9.27. The first-order valence-corrected chi connectivity index (χ1v) is 33.0. The Morgan fingerprint density at radius 1 is 0.372 bits per heavy atom. The first-order valence-electron chi connectivity index (χ1n) is 31.5. The summed E-state index contributed by atoms with van der Waals surface area (Å²) in [5, 5.41) is 9.84. The van der Waals surface area contributed by atoms with Gasteiger partial charge in [0.25, 0.3) is 0 Å². The molecule has 0 aliphatic heterocycles. The first kappa shape index (κ1) is 74.7. The molecule has 0 heterocycles. The lowest BCUT2D eigenvalue weighted by molar-refractivity contribution is -0.161. The highest BCUT2D eigenvalue weighted by Gasteiger charge is 2.28. The van der Waals surface area contributed by atoms with Crippen LogP contribution in [0, 0.1) is 0 Å². The van der Waals surface area contributed by atoms with Gasteiger partial charge >= 0.3 is 25.7 Å². The smallest absolute Gasteiger partial charge is 0.462 e. The van der Waals surface area contributed by atoms with Gasteiger partial charge in [-0.1, -0.05) is 228 Å². The fraction of sp³-hybridized carbons (Fsp3) is 0.742. The predicted octanol–water partition coefficient (Wildman–Crippen LogP) is 19.0. The van der Waals surface area contributed by atoms with Crippen LogP contribution in [-0.4, -0.2) is 66.5 Å². The third-order valence-corrected chi connectivity index (χ3v) is 14.2. The van der Waals surface area contributed by atoms with Gasteiger partial charge < -0.3 is 24.2 Å². The number of hydrogen-bond acceptors (Lipinski definition) is 10. The van der Waals surface area contributed by atoms with Crippen molar-refractivity contribution < 1.29 is 52.2 Å². The summed E-state index contributed by atoms with van der Waals surface area (Å²) in [6.07, 6.45) is 69.6. The molecule has 0 saturated carbocycles. The summed E-state index contributed by atoms with van der Waals surface area (Å²) in [7, 11) is -4.77. The molecule has 3 atom stereocenters. The van der Waals surface area contributed by atoms with E-state index in [9.17, 15) is 28.9 Å². The van der Waals surface area contributed by atoms with Crippen LogP contribution in [0.25, 0.3) is 0 Å². The number of allylic oxidation sites excluding steroid dienone is 14. The van der Waals surface area contributed by atoms with Gasteiger partial charge in [0.15, 0.2) is 6.10 Å². The van der Waals surface area contributed by atoms with Gasteiger partial charge in [-0.05, 0) is 116 Å². The molecule has 0 aromatic carbocycles. The third-order valence-electron chi connectivity index (χ3n) is 13.3. The lowest BCUT2D eigenvalue weighted by Crippen LogP contribution is -2.30. The van der Waals surface area contributed by atoms with E-state index < -0.39 is 57.8 Å². The number of aliphatic hydroxyl groups is 1. The number of carbonyl (C=O) groups excluding carboxylic acids is 3. The number of phosphoric acid groups is 1. The number of carbonyl (C=O) groups is 3. The van der Waals surface area contributed by atoms with Crippen molar-refractivity contribution in [3.05, 3.63) is 85.1 Å². The van der Waals surface area contributed by atoms with E-state index in [0.717, 1.165) is 122 Å². The molecular weight excluding hydrogens is 1000 g/mol. The summed E-state index contributed by atoms with van der Waals surface area (Å²) in [6.45, 7) is 4.50. The maximum Gasteiger partial charge on any atom is 0.472 e. The molecule has 78 heavy (non-hydrogen) atoms. The first-order chi connectivity index (χ1) is 38.2. The number of esters is 3. The second kappa shape index (κ2) is 59.8. The summed E-state index contributed by atoms with van der Waals surface area (Å²) >= 11 is 0. The Morgan fingerprint density at radius 3 is 1.05 bits per heavy atom. The fourth-order valence-electron chi connectivity index (χ4n) is 8.49. The average molecular weight is 1120 g/mol. The molecule has 0 saturated heterocycles. The summed E-state index contributed by atoms with van der Waals surface area (Å²) in [5.41, 5.74) is 0. The zero-order chi connectivity index (χ0) is 56.9. The highest BCUT2D eigenvalue weighted by atomic mass is 31.2. The van der Waals surface area contributed by atoms with Crippen LogP contribution in [0.5, 0.6) is 0 Å². The Morgan fingerprint density at radius 2 is 0.667 bits per heavy atom. The zero-order valence-corrected chi connectivity index (χ0v) is 50.8. The Labute approximate surface area is 477 Å². The van der Waals surface area contributed by atoms with E-state index in [0.29, 0.717) is 19.3 Å². The van der Waals surface area contributed by atoms with Crippen LogP contribution in [0.1, 0.15) is 278 Å². The lowest BCUT2D eigenvalue weighted by Gasteiger charge is -2.21. The third kappa shape index (κ3) is 57.3. The Hall–Kier alpha value is -3.34. The minimum Gasteiger partial charge on any atom is -0.462 e. The van der Waals surface area contributed by atoms with E-state index in [1.54, 1.807) is 0 Å². The zero-order valence-electron chi connectivity index (χ0n) is 49.9. The van der Waals surface area contributed by atoms with Crippen LogP contribution in [0.3, 0.4) is 0 Å². The molecule has 0 radical (unpaired) electrons. The van der Waals surface area contributed by atoms with E-state index in [-0.39, 0.29) is 25.9 Å². The van der Waals surface area contributed by atoms with E-state index in [2.05, 4.69) is 106 Å². The molecule has 0 bridgehead atoms. The van der Waals surface area contributed by atoms with Gasteiger partial charge in [-0.15, -0.1) is 0 Å². The van der Waals surface area contributed by atoms with Gasteiger partial charge in [-0.3, -0.25) is 23.4 Å². The molecule has 450 valence electrons. The van der Waals surface area contributed by atoms with Gasteiger partial charge in [0.2, 0.25) is 0 Å². The Balaban J connectivity index is 4.78. The molecular formula is C66H115O11P. The van der Waals surface area contributed by atoms with Crippen LogP contribution in [-0.2, 0) is 42.2 Å². The van der Waals surface area contributed by atoms with Crippen LogP contribution in [0.2, 0.25) is 0 Å². The monoisotopic (exact) mass is 1110 g/mol. The van der Waals surface area contributed by atoms with Crippen molar-refractivity contribution in [1.82, 2.24) is 0 Å². The van der Waals surface area contributed by atoms with Crippen molar-refractivity contribution in [2.45, 2.75) is 290 Å². The number of unbranched alkanes of at least 4 members (excludes halogenated alkanes) is 27. The maximum absolute atomic E-state index is 12.9. The van der Waals surface area contributed by atoms with E-state index in [4.69, 9.17) is 23.3 Å². The maximum atomic E-state index is 12.9. The van der Waals surface area contributed by atoms with Crippen LogP contribution >= 0.6 is 7.82 Å².